The van der Waals surface area contributed by atoms with E-state index < -0.39 is 10.0 Å². The van der Waals surface area contributed by atoms with Crippen molar-refractivity contribution >= 4 is 16.0 Å². The van der Waals surface area contributed by atoms with Crippen LogP contribution in [0.25, 0.3) is 0 Å². The number of aliphatic imine (C=N–C) groups is 1. The number of sulfonamides is 1. The van der Waals surface area contributed by atoms with Gasteiger partial charge in [-0.05, 0) is 44.2 Å². The van der Waals surface area contributed by atoms with E-state index in [9.17, 15) is 8.42 Å². The molecule has 164 valence electrons. The normalized spacial score (nSPS) is 21.6. The SMILES string of the molecule is CCCCN=C(NCCc1ccco1)N1CCCC(S(=O)(=O)NC2CCCC2)C1. The van der Waals surface area contributed by atoms with Gasteiger partial charge in [-0.15, -0.1) is 0 Å². The van der Waals surface area contributed by atoms with Gasteiger partial charge < -0.3 is 14.6 Å². The Morgan fingerprint density at radius 3 is 2.83 bits per heavy atom. The summed E-state index contributed by atoms with van der Waals surface area (Å²) in [5.74, 6) is 1.76. The number of hydrogen-bond acceptors (Lipinski definition) is 4. The summed E-state index contributed by atoms with van der Waals surface area (Å²) >= 11 is 0. The van der Waals surface area contributed by atoms with Gasteiger partial charge in [0, 0.05) is 38.6 Å². The van der Waals surface area contributed by atoms with Crippen LogP contribution in [0.5, 0.6) is 0 Å². The number of nitrogens with zero attached hydrogens (tertiary/aromatic N) is 2. The summed E-state index contributed by atoms with van der Waals surface area (Å²) in [4.78, 5) is 6.89. The molecule has 1 aromatic rings. The van der Waals surface area contributed by atoms with Crippen molar-refractivity contribution in [2.75, 3.05) is 26.2 Å². The Bertz CT molecular complexity index is 727. The highest BCUT2D eigenvalue weighted by atomic mass is 32.2. The first-order valence-electron chi connectivity index (χ1n) is 11.2. The number of rotatable bonds is 9. The Morgan fingerprint density at radius 2 is 2.10 bits per heavy atom. The van der Waals surface area contributed by atoms with Gasteiger partial charge in [0.05, 0.1) is 11.5 Å². The van der Waals surface area contributed by atoms with Gasteiger partial charge in [0.2, 0.25) is 10.0 Å². The molecule has 1 aromatic heterocycles. The van der Waals surface area contributed by atoms with Crippen LogP contribution < -0.4 is 10.0 Å². The predicted octanol–water partition coefficient (Wildman–Crippen LogP) is 2.89. The molecule has 29 heavy (non-hydrogen) atoms. The molecule has 1 unspecified atom stereocenters. The van der Waals surface area contributed by atoms with Crippen molar-refractivity contribution in [3.63, 3.8) is 0 Å². The first-order chi connectivity index (χ1) is 14.1. The second kappa shape index (κ2) is 11.0. The lowest BCUT2D eigenvalue weighted by Gasteiger charge is -2.35. The summed E-state index contributed by atoms with van der Waals surface area (Å²) < 4.78 is 34.2. The molecule has 1 aliphatic carbocycles. The summed E-state index contributed by atoms with van der Waals surface area (Å²) in [6.45, 7) is 4.97. The van der Waals surface area contributed by atoms with Crippen molar-refractivity contribution < 1.29 is 12.8 Å². The van der Waals surface area contributed by atoms with E-state index in [4.69, 9.17) is 9.41 Å². The minimum Gasteiger partial charge on any atom is -0.469 e. The fourth-order valence-corrected chi connectivity index (χ4v) is 5.87. The molecule has 0 spiro atoms. The first-order valence-corrected chi connectivity index (χ1v) is 12.7. The van der Waals surface area contributed by atoms with Crippen LogP contribution in [0.1, 0.15) is 64.1 Å². The zero-order chi connectivity index (χ0) is 20.5. The third-order valence-electron chi connectivity index (χ3n) is 5.81. The molecule has 7 nitrogen and oxygen atoms in total. The summed E-state index contributed by atoms with van der Waals surface area (Å²) in [5, 5.41) is 3.06. The third kappa shape index (κ3) is 6.74. The monoisotopic (exact) mass is 424 g/mol. The van der Waals surface area contributed by atoms with Gasteiger partial charge in [0.15, 0.2) is 5.96 Å². The van der Waals surface area contributed by atoms with Crippen LogP contribution in [0.3, 0.4) is 0 Å². The van der Waals surface area contributed by atoms with Gasteiger partial charge in [-0.1, -0.05) is 26.2 Å². The average molecular weight is 425 g/mol. The molecule has 1 saturated heterocycles. The largest absolute Gasteiger partial charge is 0.469 e. The van der Waals surface area contributed by atoms with Crippen molar-refractivity contribution in [1.82, 2.24) is 14.9 Å². The minimum atomic E-state index is -3.30. The van der Waals surface area contributed by atoms with E-state index in [-0.39, 0.29) is 11.3 Å². The van der Waals surface area contributed by atoms with Crippen LogP contribution in [-0.2, 0) is 16.4 Å². The van der Waals surface area contributed by atoms with Gasteiger partial charge in [-0.3, -0.25) is 4.99 Å². The number of guanidine groups is 1. The number of likely N-dealkylation sites (tertiary alicyclic amines) is 1. The quantitative estimate of drug-likeness (QED) is 0.362. The summed E-state index contributed by atoms with van der Waals surface area (Å²) in [6, 6.07) is 3.98. The third-order valence-corrected chi connectivity index (χ3v) is 7.73. The summed E-state index contributed by atoms with van der Waals surface area (Å²) in [7, 11) is -3.30. The van der Waals surface area contributed by atoms with Gasteiger partial charge in [-0.25, -0.2) is 13.1 Å². The van der Waals surface area contributed by atoms with Gasteiger partial charge in [0.1, 0.15) is 5.76 Å². The minimum absolute atomic E-state index is 0.125. The van der Waals surface area contributed by atoms with E-state index in [1.165, 1.54) is 0 Å². The molecule has 3 rings (SSSR count). The molecule has 0 aromatic carbocycles. The summed E-state index contributed by atoms with van der Waals surface area (Å²) in [6.07, 6.45) is 10.3. The van der Waals surface area contributed by atoms with Crippen LogP contribution in [0.4, 0.5) is 0 Å². The predicted molar refractivity (Wildman–Crippen MR) is 117 cm³/mol. The molecule has 2 N–H and O–H groups in total. The Labute approximate surface area is 175 Å². The topological polar surface area (TPSA) is 86.9 Å². The fraction of sp³-hybridized carbons (Fsp3) is 0.762. The highest BCUT2D eigenvalue weighted by molar-refractivity contribution is 7.90. The fourth-order valence-electron chi connectivity index (χ4n) is 4.12. The van der Waals surface area contributed by atoms with E-state index in [0.29, 0.717) is 19.5 Å². The van der Waals surface area contributed by atoms with Crippen molar-refractivity contribution in [3.05, 3.63) is 24.2 Å². The van der Waals surface area contributed by atoms with Crippen molar-refractivity contribution in [2.24, 2.45) is 4.99 Å². The van der Waals surface area contributed by atoms with E-state index in [0.717, 1.165) is 76.2 Å². The highest BCUT2D eigenvalue weighted by Crippen LogP contribution is 2.22. The van der Waals surface area contributed by atoms with Crippen molar-refractivity contribution in [3.8, 4) is 0 Å². The second-order valence-corrected chi connectivity index (χ2v) is 10.2. The van der Waals surface area contributed by atoms with Crippen LogP contribution in [0, 0.1) is 0 Å². The van der Waals surface area contributed by atoms with Crippen LogP contribution in [0.2, 0.25) is 0 Å². The molecule has 1 saturated carbocycles. The zero-order valence-corrected chi connectivity index (χ0v) is 18.4. The lowest BCUT2D eigenvalue weighted by Crippen LogP contribution is -2.53. The maximum absolute atomic E-state index is 12.9. The van der Waals surface area contributed by atoms with E-state index >= 15 is 0 Å². The molecule has 8 heteroatoms. The number of nitrogens with one attached hydrogen (secondary N) is 2. The van der Waals surface area contributed by atoms with Gasteiger partial charge >= 0.3 is 0 Å². The maximum Gasteiger partial charge on any atom is 0.216 e. The number of unbranched alkanes of at least 4 members (excludes halogenated alkanes) is 1. The molecule has 0 amide bonds. The molecule has 0 radical (unpaired) electrons. The van der Waals surface area contributed by atoms with Gasteiger partial charge in [0.25, 0.3) is 0 Å². The van der Waals surface area contributed by atoms with Crippen molar-refractivity contribution in [2.45, 2.75) is 76.0 Å². The highest BCUT2D eigenvalue weighted by Gasteiger charge is 2.34. The number of hydrogen-bond donors (Lipinski definition) is 2. The molecule has 0 bridgehead atoms. The Hall–Kier alpha value is -1.54. The molecular weight excluding hydrogens is 388 g/mol. The maximum atomic E-state index is 12.9. The molecule has 2 heterocycles. The lowest BCUT2D eigenvalue weighted by atomic mass is 10.1. The Kier molecular flexibility index (Phi) is 8.41. The second-order valence-electron chi connectivity index (χ2n) is 8.17. The lowest BCUT2D eigenvalue weighted by molar-refractivity contribution is 0.328. The zero-order valence-electron chi connectivity index (χ0n) is 17.6. The smallest absolute Gasteiger partial charge is 0.216 e. The molecular formula is C21H36N4O3S. The molecule has 2 aliphatic rings. The standard InChI is InChI=1S/C21H36N4O3S/c1-2-3-13-22-21(23-14-12-19-10-7-16-28-19)25-15-6-11-20(17-25)29(26,27)24-18-8-4-5-9-18/h7,10,16,18,20,24H,2-6,8-9,11-15,17H2,1H3,(H,22,23). The van der Waals surface area contributed by atoms with E-state index in [1.54, 1.807) is 6.26 Å². The first kappa shape index (κ1) is 22.2. The average Bonchev–Trinajstić information content (AvgIpc) is 3.41. The van der Waals surface area contributed by atoms with Crippen LogP contribution in [0.15, 0.2) is 27.8 Å². The summed E-state index contributed by atoms with van der Waals surface area (Å²) in [5.41, 5.74) is 0. The Balaban J connectivity index is 1.60. The number of furan rings is 1. The van der Waals surface area contributed by atoms with Crippen molar-refractivity contribution in [1.29, 1.82) is 0 Å². The van der Waals surface area contributed by atoms with Gasteiger partial charge in [-0.2, -0.15) is 0 Å². The van der Waals surface area contributed by atoms with E-state index in [2.05, 4.69) is 21.9 Å². The van der Waals surface area contributed by atoms with Crippen LogP contribution >= 0.6 is 0 Å². The number of piperidine rings is 1. The van der Waals surface area contributed by atoms with Crippen LogP contribution in [-0.4, -0.2) is 56.7 Å². The molecule has 1 aliphatic heterocycles. The molecule has 1 atom stereocenters. The van der Waals surface area contributed by atoms with E-state index in [1.807, 2.05) is 12.1 Å². The Morgan fingerprint density at radius 1 is 1.28 bits per heavy atom. The molecule has 2 fully saturated rings.